The third-order valence-electron chi connectivity index (χ3n) is 2.92. The number of thioether (sulfide) groups is 1. The summed E-state index contributed by atoms with van der Waals surface area (Å²) in [6.45, 7) is 3.77. The molecule has 0 N–H and O–H groups in total. The van der Waals surface area contributed by atoms with Gasteiger partial charge < -0.3 is 0 Å². The molecule has 2 rings (SSSR count). The van der Waals surface area contributed by atoms with Crippen LogP contribution >= 0.6 is 23.1 Å². The van der Waals surface area contributed by atoms with Gasteiger partial charge in [-0.2, -0.15) is 0 Å². The molecule has 0 bridgehead atoms. The number of carbonyl (C=O) groups is 1. The van der Waals surface area contributed by atoms with Gasteiger partial charge in [0, 0.05) is 0 Å². The third-order valence-corrected chi connectivity index (χ3v) is 14.6. The topological polar surface area (TPSA) is 20.3 Å². The number of thiophene rings is 1. The average Bonchev–Trinajstić information content (AvgIpc) is 2.61. The van der Waals surface area contributed by atoms with E-state index in [0.717, 1.165) is 23.7 Å². The van der Waals surface area contributed by atoms with Gasteiger partial charge in [-0.1, -0.05) is 0 Å². The van der Waals surface area contributed by atoms with Crippen molar-refractivity contribution in [3.63, 3.8) is 0 Å². The fourth-order valence-electron chi connectivity index (χ4n) is 1.81. The second-order valence-electron chi connectivity index (χ2n) is 5.29. The molecule has 0 atom stereocenters. The van der Waals surface area contributed by atoms with E-state index in [2.05, 4.69) is 27.8 Å². The Kier molecular flexibility index (Phi) is 4.15. The van der Waals surface area contributed by atoms with E-state index in [1.807, 2.05) is 16.7 Å². The standard InChI is InChI=1S/C9H10NOS2.3CH3.Sn/c1-2-10-4-6-12-7-3-5-13-8(7)9(10)11;;;;/h3H,2,4,6H2,1H3;3*1H3;. The average molecular weight is 376 g/mol. The van der Waals surface area contributed by atoms with Gasteiger partial charge in [-0.3, -0.25) is 0 Å². The molecule has 0 spiro atoms. The summed E-state index contributed by atoms with van der Waals surface area (Å²) in [6, 6.07) is 2.30. The first-order chi connectivity index (χ1) is 7.93. The van der Waals surface area contributed by atoms with Gasteiger partial charge in [-0.25, -0.2) is 0 Å². The number of hydrogen-bond acceptors (Lipinski definition) is 3. The van der Waals surface area contributed by atoms with Crippen molar-refractivity contribution in [2.45, 2.75) is 26.6 Å². The van der Waals surface area contributed by atoms with Crippen LogP contribution < -0.4 is 2.89 Å². The monoisotopic (exact) mass is 377 g/mol. The molecule has 0 saturated heterocycles. The van der Waals surface area contributed by atoms with Crippen molar-refractivity contribution >= 4 is 50.3 Å². The minimum atomic E-state index is -2.02. The summed E-state index contributed by atoms with van der Waals surface area (Å²) < 4.78 is 1.52. The van der Waals surface area contributed by atoms with Gasteiger partial charge in [0.05, 0.1) is 0 Å². The normalized spacial score (nSPS) is 16.9. The molecule has 1 aromatic rings. The summed E-state index contributed by atoms with van der Waals surface area (Å²) in [6.07, 6.45) is 0. The molecule has 1 aromatic heterocycles. The Labute approximate surface area is 116 Å². The van der Waals surface area contributed by atoms with Crippen molar-refractivity contribution in [2.24, 2.45) is 0 Å². The number of rotatable bonds is 2. The summed E-state index contributed by atoms with van der Waals surface area (Å²) in [7, 11) is 0. The first kappa shape index (κ1) is 13.7. The molecule has 1 aliphatic heterocycles. The summed E-state index contributed by atoms with van der Waals surface area (Å²) in [5, 5.41) is 0. The Bertz CT molecular complexity index is 436. The molecule has 5 heteroatoms. The molecule has 1 aliphatic rings. The van der Waals surface area contributed by atoms with Crippen LogP contribution in [0.2, 0.25) is 14.8 Å². The van der Waals surface area contributed by atoms with Crippen molar-refractivity contribution in [3.8, 4) is 0 Å². The van der Waals surface area contributed by atoms with Crippen LogP contribution in [0.1, 0.15) is 16.6 Å². The van der Waals surface area contributed by atoms with Crippen LogP contribution in [-0.2, 0) is 0 Å². The third kappa shape index (κ3) is 2.84. The van der Waals surface area contributed by atoms with E-state index >= 15 is 0 Å². The number of carbonyl (C=O) groups excluding carboxylic acids is 1. The molecule has 0 fully saturated rings. The molecule has 0 saturated carbocycles. The van der Waals surface area contributed by atoms with E-state index in [1.54, 1.807) is 11.3 Å². The Hall–Kier alpha value is 0.319. The summed E-state index contributed by atoms with van der Waals surface area (Å²) in [5.74, 6) is 1.28. The molecule has 2 nitrogen and oxygen atoms in total. The minimum absolute atomic E-state index is 0.249. The van der Waals surface area contributed by atoms with Crippen LogP contribution in [0.25, 0.3) is 0 Å². The SMILES string of the molecule is CCN1CCSc2c[c]([Sn]([CH3])([CH3])[CH3])sc2C1=O. The maximum absolute atomic E-state index is 12.4. The Balaban J connectivity index is 2.40. The number of hydrogen-bond donors (Lipinski definition) is 0. The van der Waals surface area contributed by atoms with Crippen molar-refractivity contribution in [2.75, 3.05) is 18.8 Å². The molecule has 2 heterocycles. The van der Waals surface area contributed by atoms with Crippen LogP contribution in [0.3, 0.4) is 0 Å². The quantitative estimate of drug-likeness (QED) is 0.740. The van der Waals surface area contributed by atoms with E-state index in [0.29, 0.717) is 0 Å². The molecule has 17 heavy (non-hydrogen) atoms. The molecule has 94 valence electrons. The zero-order chi connectivity index (χ0) is 12.6. The van der Waals surface area contributed by atoms with Crippen LogP contribution in [-0.4, -0.2) is 48.0 Å². The Morgan fingerprint density at radius 3 is 2.71 bits per heavy atom. The van der Waals surface area contributed by atoms with Crippen LogP contribution in [0, 0.1) is 0 Å². The van der Waals surface area contributed by atoms with E-state index in [-0.39, 0.29) is 5.91 Å². The van der Waals surface area contributed by atoms with Crippen molar-refractivity contribution < 1.29 is 4.79 Å². The Morgan fingerprint density at radius 2 is 2.12 bits per heavy atom. The van der Waals surface area contributed by atoms with E-state index < -0.39 is 18.4 Å². The van der Waals surface area contributed by atoms with Gasteiger partial charge in [-0.05, 0) is 0 Å². The number of fused-ring (bicyclic) bond motifs is 1. The van der Waals surface area contributed by atoms with Crippen molar-refractivity contribution in [1.82, 2.24) is 4.90 Å². The molecule has 0 radical (unpaired) electrons. The number of nitrogens with zero attached hydrogens (tertiary/aromatic N) is 1. The first-order valence-corrected chi connectivity index (χ1v) is 17.8. The predicted octanol–water partition coefficient (Wildman–Crippen LogP) is 2.86. The summed E-state index contributed by atoms with van der Waals surface area (Å²) in [5.41, 5.74) is 0. The fraction of sp³-hybridized carbons (Fsp3) is 0.583. The van der Waals surface area contributed by atoms with Gasteiger partial charge in [-0.15, -0.1) is 0 Å². The molecular formula is C12H19NOS2Sn. The van der Waals surface area contributed by atoms with E-state index in [9.17, 15) is 4.79 Å². The van der Waals surface area contributed by atoms with E-state index in [4.69, 9.17) is 0 Å². The van der Waals surface area contributed by atoms with Crippen molar-refractivity contribution in [3.05, 3.63) is 10.9 Å². The fourth-order valence-corrected chi connectivity index (χ4v) is 9.66. The van der Waals surface area contributed by atoms with Crippen LogP contribution in [0.4, 0.5) is 0 Å². The first-order valence-electron chi connectivity index (χ1n) is 6.00. The molecule has 0 unspecified atom stereocenters. The molecular weight excluding hydrogens is 357 g/mol. The molecule has 1 amide bonds. The zero-order valence-corrected chi connectivity index (χ0v) is 15.4. The summed E-state index contributed by atoms with van der Waals surface area (Å²) in [4.78, 5) is 23.8. The molecule has 0 aromatic carbocycles. The Morgan fingerprint density at radius 1 is 1.41 bits per heavy atom. The zero-order valence-electron chi connectivity index (χ0n) is 10.9. The maximum atomic E-state index is 12.4. The van der Waals surface area contributed by atoms with Crippen molar-refractivity contribution in [1.29, 1.82) is 0 Å². The van der Waals surface area contributed by atoms with Gasteiger partial charge in [0.25, 0.3) is 0 Å². The van der Waals surface area contributed by atoms with Crippen LogP contribution in [0.5, 0.6) is 0 Å². The van der Waals surface area contributed by atoms with Gasteiger partial charge in [0.1, 0.15) is 0 Å². The van der Waals surface area contributed by atoms with Gasteiger partial charge in [0.2, 0.25) is 0 Å². The number of amides is 1. The molecule has 0 aliphatic carbocycles. The van der Waals surface area contributed by atoms with Gasteiger partial charge in [0.15, 0.2) is 0 Å². The van der Waals surface area contributed by atoms with Crippen LogP contribution in [0.15, 0.2) is 11.0 Å². The summed E-state index contributed by atoms with van der Waals surface area (Å²) >= 11 is 1.59. The second kappa shape index (κ2) is 5.13. The second-order valence-corrected chi connectivity index (χ2v) is 22.9. The van der Waals surface area contributed by atoms with Gasteiger partial charge >= 0.3 is 116 Å². The van der Waals surface area contributed by atoms with E-state index in [1.165, 1.54) is 7.79 Å². The predicted molar refractivity (Wildman–Crippen MR) is 79.6 cm³/mol.